The molecule has 0 aliphatic rings. The van der Waals surface area contributed by atoms with Gasteiger partial charge < -0.3 is 9.84 Å². The maximum absolute atomic E-state index is 11.8. The zero-order valence-electron chi connectivity index (χ0n) is 11.7. The van der Waals surface area contributed by atoms with Crippen LogP contribution in [0.5, 0.6) is 0 Å². The summed E-state index contributed by atoms with van der Waals surface area (Å²) in [4.78, 5) is 22.3. The van der Waals surface area contributed by atoms with Crippen molar-refractivity contribution in [3.05, 3.63) is 27.8 Å². The number of azo groups is 1. The van der Waals surface area contributed by atoms with E-state index in [1.54, 1.807) is 13.0 Å². The van der Waals surface area contributed by atoms with Gasteiger partial charge in [-0.3, -0.25) is 4.79 Å². The normalized spacial score (nSPS) is 12.3. The number of carboxylic acid groups (broad SMARTS) is 1. The molecule has 0 saturated carbocycles. The lowest BCUT2D eigenvalue weighted by atomic mass is 10.1. The van der Waals surface area contributed by atoms with Crippen LogP contribution in [0.3, 0.4) is 0 Å². The highest BCUT2D eigenvalue weighted by Crippen LogP contribution is 2.18. The lowest BCUT2D eigenvalue weighted by molar-refractivity contribution is -0.145. The first kappa shape index (κ1) is 17.5. The van der Waals surface area contributed by atoms with E-state index in [0.29, 0.717) is 18.5 Å². The van der Waals surface area contributed by atoms with Gasteiger partial charge in [-0.2, -0.15) is 10.2 Å². The SMILES string of the molecule is CCOC(=O)C(CCCC(=O)O)N=Nc1cccc(I)c1. The van der Waals surface area contributed by atoms with Crippen molar-refractivity contribution < 1.29 is 19.4 Å². The second-order valence-corrected chi connectivity index (χ2v) is 5.49. The number of carbonyl (C=O) groups is 2. The molecule has 0 fully saturated rings. The Bertz CT molecular complexity index is 519. The fourth-order valence-electron chi connectivity index (χ4n) is 1.58. The molecule has 0 saturated heterocycles. The molecule has 1 rings (SSSR count). The second kappa shape index (κ2) is 9.43. The molecule has 7 heteroatoms. The third-order valence-electron chi connectivity index (χ3n) is 2.55. The highest BCUT2D eigenvalue weighted by molar-refractivity contribution is 14.1. The molecule has 0 radical (unpaired) electrons. The van der Waals surface area contributed by atoms with Gasteiger partial charge >= 0.3 is 11.9 Å². The van der Waals surface area contributed by atoms with Crippen molar-refractivity contribution >= 4 is 40.2 Å². The van der Waals surface area contributed by atoms with E-state index in [1.807, 2.05) is 18.2 Å². The summed E-state index contributed by atoms with van der Waals surface area (Å²) in [7, 11) is 0. The van der Waals surface area contributed by atoms with Crippen LogP contribution < -0.4 is 0 Å². The van der Waals surface area contributed by atoms with Gasteiger partial charge in [0.2, 0.25) is 0 Å². The summed E-state index contributed by atoms with van der Waals surface area (Å²) in [5, 5.41) is 16.7. The van der Waals surface area contributed by atoms with Crippen LogP contribution >= 0.6 is 22.6 Å². The molecule has 1 unspecified atom stereocenters. The van der Waals surface area contributed by atoms with E-state index >= 15 is 0 Å². The quantitative estimate of drug-likeness (QED) is 0.408. The zero-order chi connectivity index (χ0) is 15.7. The molecule has 1 aromatic rings. The molecule has 0 amide bonds. The molecular weight excluding hydrogens is 387 g/mol. The Kier molecular flexibility index (Phi) is 7.88. The lowest BCUT2D eigenvalue weighted by Crippen LogP contribution is -2.21. The van der Waals surface area contributed by atoms with Crippen LogP contribution in [0.1, 0.15) is 26.2 Å². The first-order chi connectivity index (χ1) is 10.0. The Labute approximate surface area is 136 Å². The van der Waals surface area contributed by atoms with Crippen LogP contribution in [0.2, 0.25) is 0 Å². The van der Waals surface area contributed by atoms with Crippen LogP contribution in [-0.4, -0.2) is 29.7 Å². The van der Waals surface area contributed by atoms with Crippen LogP contribution in [0.15, 0.2) is 34.5 Å². The fraction of sp³-hybridized carbons (Fsp3) is 0.429. The van der Waals surface area contributed by atoms with Gasteiger partial charge in [0, 0.05) is 9.99 Å². The maximum atomic E-state index is 11.8. The molecule has 0 heterocycles. The predicted molar refractivity (Wildman–Crippen MR) is 85.6 cm³/mol. The van der Waals surface area contributed by atoms with Crippen LogP contribution in [0.4, 0.5) is 5.69 Å². The summed E-state index contributed by atoms with van der Waals surface area (Å²) in [6, 6.07) is 6.63. The Hall–Kier alpha value is -1.51. The first-order valence-electron chi connectivity index (χ1n) is 6.57. The second-order valence-electron chi connectivity index (χ2n) is 4.25. The number of esters is 1. The topological polar surface area (TPSA) is 88.3 Å². The van der Waals surface area contributed by atoms with Gasteiger partial charge in [0.05, 0.1) is 12.3 Å². The molecule has 0 spiro atoms. The molecule has 0 aromatic heterocycles. The van der Waals surface area contributed by atoms with Gasteiger partial charge in [0.25, 0.3) is 0 Å². The predicted octanol–water partition coefficient (Wildman–Crippen LogP) is 3.56. The molecule has 1 atom stereocenters. The average Bonchev–Trinajstić information content (AvgIpc) is 2.42. The third kappa shape index (κ3) is 7.16. The highest BCUT2D eigenvalue weighted by atomic mass is 127. The van der Waals surface area contributed by atoms with Crippen molar-refractivity contribution in [2.75, 3.05) is 6.61 Å². The van der Waals surface area contributed by atoms with Crippen molar-refractivity contribution in [1.29, 1.82) is 0 Å². The van der Waals surface area contributed by atoms with E-state index < -0.39 is 18.0 Å². The summed E-state index contributed by atoms with van der Waals surface area (Å²) in [5.74, 6) is -1.37. The van der Waals surface area contributed by atoms with E-state index in [-0.39, 0.29) is 13.0 Å². The van der Waals surface area contributed by atoms with Gasteiger partial charge in [-0.1, -0.05) is 6.07 Å². The number of hydrogen-bond acceptors (Lipinski definition) is 5. The minimum atomic E-state index is -0.896. The summed E-state index contributed by atoms with van der Waals surface area (Å²) < 4.78 is 5.95. The van der Waals surface area contributed by atoms with Crippen LogP contribution in [-0.2, 0) is 14.3 Å². The van der Waals surface area contributed by atoms with Crippen LogP contribution in [0, 0.1) is 3.57 Å². The Morgan fingerprint density at radius 2 is 2.19 bits per heavy atom. The summed E-state index contributed by atoms with van der Waals surface area (Å²) >= 11 is 2.16. The maximum Gasteiger partial charge on any atom is 0.332 e. The Balaban J connectivity index is 2.71. The lowest BCUT2D eigenvalue weighted by Gasteiger charge is -2.09. The van der Waals surface area contributed by atoms with Crippen molar-refractivity contribution in [3.63, 3.8) is 0 Å². The van der Waals surface area contributed by atoms with E-state index in [2.05, 4.69) is 32.8 Å². The molecule has 0 bridgehead atoms. The van der Waals surface area contributed by atoms with E-state index in [0.717, 1.165) is 3.57 Å². The number of aliphatic carboxylic acids is 1. The minimum absolute atomic E-state index is 0.00530. The third-order valence-corrected chi connectivity index (χ3v) is 3.22. The van der Waals surface area contributed by atoms with Crippen molar-refractivity contribution in [3.8, 4) is 0 Å². The number of halogens is 1. The molecule has 21 heavy (non-hydrogen) atoms. The first-order valence-corrected chi connectivity index (χ1v) is 7.65. The number of carbonyl (C=O) groups excluding carboxylic acids is 1. The van der Waals surface area contributed by atoms with Gasteiger partial charge in [-0.25, -0.2) is 4.79 Å². The van der Waals surface area contributed by atoms with Crippen molar-refractivity contribution in [2.45, 2.75) is 32.2 Å². The number of nitrogens with zero attached hydrogens (tertiary/aromatic N) is 2. The number of carboxylic acids is 1. The molecule has 0 aliphatic heterocycles. The molecule has 6 nitrogen and oxygen atoms in total. The molecule has 114 valence electrons. The van der Waals surface area contributed by atoms with E-state index in [1.165, 1.54) is 0 Å². The Morgan fingerprint density at radius 1 is 1.43 bits per heavy atom. The monoisotopic (exact) mass is 404 g/mol. The molecular formula is C14H17IN2O4. The smallest absolute Gasteiger partial charge is 0.332 e. The average molecular weight is 404 g/mol. The highest BCUT2D eigenvalue weighted by Gasteiger charge is 2.19. The van der Waals surface area contributed by atoms with Crippen molar-refractivity contribution in [2.24, 2.45) is 10.2 Å². The number of rotatable bonds is 8. The van der Waals surface area contributed by atoms with Gasteiger partial charge in [-0.05, 0) is 60.6 Å². The largest absolute Gasteiger partial charge is 0.481 e. The van der Waals surface area contributed by atoms with Gasteiger partial charge in [-0.15, -0.1) is 0 Å². The molecule has 1 N–H and O–H groups in total. The van der Waals surface area contributed by atoms with Gasteiger partial charge in [0.1, 0.15) is 0 Å². The Morgan fingerprint density at radius 3 is 2.81 bits per heavy atom. The van der Waals surface area contributed by atoms with Crippen LogP contribution in [0.25, 0.3) is 0 Å². The molecule has 1 aromatic carbocycles. The van der Waals surface area contributed by atoms with E-state index in [4.69, 9.17) is 9.84 Å². The fourth-order valence-corrected chi connectivity index (χ4v) is 2.11. The van der Waals surface area contributed by atoms with E-state index in [9.17, 15) is 9.59 Å². The minimum Gasteiger partial charge on any atom is -0.481 e. The number of benzene rings is 1. The summed E-state index contributed by atoms with van der Waals surface area (Å²) in [5.41, 5.74) is 0.648. The zero-order valence-corrected chi connectivity index (χ0v) is 13.8. The van der Waals surface area contributed by atoms with Crippen molar-refractivity contribution in [1.82, 2.24) is 0 Å². The number of hydrogen-bond donors (Lipinski definition) is 1. The van der Waals surface area contributed by atoms with Gasteiger partial charge in [0.15, 0.2) is 6.04 Å². The number of ether oxygens (including phenoxy) is 1. The molecule has 0 aliphatic carbocycles. The summed E-state index contributed by atoms with van der Waals surface area (Å²) in [6.45, 7) is 1.97. The summed E-state index contributed by atoms with van der Waals surface area (Å²) in [6.07, 6.45) is 0.650. The standard InChI is InChI=1S/C14H17IN2O4/c1-2-21-14(20)12(7-4-8-13(18)19)17-16-11-6-3-5-10(15)9-11/h3,5-6,9,12H,2,4,7-8H2,1H3,(H,18,19).